The van der Waals surface area contributed by atoms with Crippen LogP contribution in [0.2, 0.25) is 0 Å². The van der Waals surface area contributed by atoms with Gasteiger partial charge < -0.3 is 14.2 Å². The van der Waals surface area contributed by atoms with E-state index in [1.807, 2.05) is 25.7 Å². The van der Waals surface area contributed by atoms with Crippen LogP contribution < -0.4 is 0 Å². The van der Waals surface area contributed by atoms with Crippen LogP contribution in [0.1, 0.15) is 29.9 Å². The minimum absolute atomic E-state index is 0.0340. The third-order valence-electron chi connectivity index (χ3n) is 3.65. The molecule has 0 saturated carbocycles. The Hall–Kier alpha value is -1.95. The van der Waals surface area contributed by atoms with Crippen LogP contribution in [-0.2, 0) is 4.74 Å². The van der Waals surface area contributed by atoms with Crippen molar-refractivity contribution < 1.29 is 14.1 Å². The average Bonchev–Trinajstić information content (AvgIpc) is 2.79. The number of rotatable bonds is 1. The molecule has 2 aromatic rings. The van der Waals surface area contributed by atoms with Gasteiger partial charge in [-0.05, 0) is 26.8 Å². The normalized spacial score (nSPS) is 18.4. The Bertz CT molecular complexity index is 663. The zero-order chi connectivity index (χ0) is 14.3. The van der Waals surface area contributed by atoms with Gasteiger partial charge in [-0.1, -0.05) is 5.16 Å². The zero-order valence-corrected chi connectivity index (χ0v) is 11.8. The van der Waals surface area contributed by atoms with Crippen LogP contribution in [0.25, 0.3) is 11.1 Å². The molecule has 3 rings (SSSR count). The molecule has 0 radical (unpaired) electrons. The van der Waals surface area contributed by atoms with Crippen molar-refractivity contribution in [3.8, 4) is 0 Å². The fourth-order valence-electron chi connectivity index (χ4n) is 2.45. The summed E-state index contributed by atoms with van der Waals surface area (Å²) in [7, 11) is 0. The summed E-state index contributed by atoms with van der Waals surface area (Å²) < 4.78 is 10.5. The topological polar surface area (TPSA) is 68.5 Å². The van der Waals surface area contributed by atoms with Crippen molar-refractivity contribution in [1.29, 1.82) is 0 Å². The molecule has 0 aliphatic carbocycles. The van der Waals surface area contributed by atoms with E-state index in [1.54, 1.807) is 12.3 Å². The molecule has 1 aliphatic rings. The summed E-state index contributed by atoms with van der Waals surface area (Å²) >= 11 is 0. The maximum Gasteiger partial charge on any atom is 0.257 e. The lowest BCUT2D eigenvalue weighted by atomic mass is 10.0. The Balaban J connectivity index is 1.97. The van der Waals surface area contributed by atoms with Gasteiger partial charge in [-0.25, -0.2) is 4.98 Å². The van der Waals surface area contributed by atoms with E-state index >= 15 is 0 Å². The second kappa shape index (κ2) is 4.56. The van der Waals surface area contributed by atoms with E-state index in [4.69, 9.17) is 9.26 Å². The van der Waals surface area contributed by atoms with Gasteiger partial charge in [0.25, 0.3) is 11.6 Å². The first-order valence-electron chi connectivity index (χ1n) is 6.61. The van der Waals surface area contributed by atoms with E-state index in [-0.39, 0.29) is 11.4 Å². The third-order valence-corrected chi connectivity index (χ3v) is 3.65. The second-order valence-corrected chi connectivity index (χ2v) is 5.67. The Morgan fingerprint density at radius 1 is 1.45 bits per heavy atom. The van der Waals surface area contributed by atoms with Crippen LogP contribution in [0.5, 0.6) is 0 Å². The summed E-state index contributed by atoms with van der Waals surface area (Å²) in [5, 5.41) is 4.63. The van der Waals surface area contributed by atoms with Crippen LogP contribution in [0, 0.1) is 6.92 Å². The third kappa shape index (κ3) is 2.06. The van der Waals surface area contributed by atoms with Crippen LogP contribution in [0.4, 0.5) is 0 Å². The van der Waals surface area contributed by atoms with Crippen molar-refractivity contribution in [2.75, 3.05) is 19.8 Å². The van der Waals surface area contributed by atoms with Gasteiger partial charge in [0.05, 0.1) is 35.4 Å². The summed E-state index contributed by atoms with van der Waals surface area (Å²) in [6, 6.07) is 1.79. The first kappa shape index (κ1) is 13.1. The molecule has 1 amide bonds. The number of hydrogen-bond donors (Lipinski definition) is 0. The predicted molar refractivity (Wildman–Crippen MR) is 72.5 cm³/mol. The van der Waals surface area contributed by atoms with Gasteiger partial charge in [-0.15, -0.1) is 0 Å². The molecule has 3 heterocycles. The predicted octanol–water partition coefficient (Wildman–Crippen LogP) is 1.78. The minimum atomic E-state index is -0.312. The number of carbonyl (C=O) groups excluding carboxylic acids is 1. The Morgan fingerprint density at radius 3 is 3.00 bits per heavy atom. The summed E-state index contributed by atoms with van der Waals surface area (Å²) in [6.07, 6.45) is 1.54. The number of carbonyl (C=O) groups is 1. The van der Waals surface area contributed by atoms with Crippen molar-refractivity contribution in [2.45, 2.75) is 26.3 Å². The SMILES string of the molecule is Cc1noc2ncc(C(=O)N3CCOCC3(C)C)cc12. The lowest BCUT2D eigenvalue weighted by Crippen LogP contribution is -2.55. The summed E-state index contributed by atoms with van der Waals surface area (Å²) in [6.45, 7) is 7.53. The number of nitrogens with zero attached hydrogens (tertiary/aromatic N) is 3. The van der Waals surface area contributed by atoms with Crippen LogP contribution >= 0.6 is 0 Å². The number of ether oxygens (including phenoxy) is 1. The highest BCUT2D eigenvalue weighted by Gasteiger charge is 2.34. The van der Waals surface area contributed by atoms with E-state index < -0.39 is 0 Å². The molecule has 2 aromatic heterocycles. The summed E-state index contributed by atoms with van der Waals surface area (Å²) in [4.78, 5) is 18.7. The lowest BCUT2D eigenvalue weighted by Gasteiger charge is -2.42. The first-order chi connectivity index (χ1) is 9.49. The first-order valence-corrected chi connectivity index (χ1v) is 6.61. The van der Waals surface area contributed by atoms with Gasteiger partial charge in [-0.2, -0.15) is 0 Å². The van der Waals surface area contributed by atoms with E-state index in [0.717, 1.165) is 11.1 Å². The molecule has 6 heteroatoms. The molecule has 0 unspecified atom stereocenters. The van der Waals surface area contributed by atoms with Crippen molar-refractivity contribution in [1.82, 2.24) is 15.0 Å². The zero-order valence-electron chi connectivity index (χ0n) is 11.8. The fraction of sp³-hybridized carbons (Fsp3) is 0.500. The molecule has 1 fully saturated rings. The molecule has 0 aromatic carbocycles. The van der Waals surface area contributed by atoms with E-state index in [1.165, 1.54) is 0 Å². The Kier molecular flexibility index (Phi) is 2.97. The number of aromatic nitrogens is 2. The number of hydrogen-bond acceptors (Lipinski definition) is 5. The number of aryl methyl sites for hydroxylation is 1. The van der Waals surface area contributed by atoms with Gasteiger partial charge >= 0.3 is 0 Å². The maximum absolute atomic E-state index is 12.7. The average molecular weight is 275 g/mol. The molecule has 106 valence electrons. The number of pyridine rings is 1. The number of fused-ring (bicyclic) bond motifs is 1. The molecular weight excluding hydrogens is 258 g/mol. The Morgan fingerprint density at radius 2 is 2.25 bits per heavy atom. The molecular formula is C14H17N3O3. The highest BCUT2D eigenvalue weighted by atomic mass is 16.5. The van der Waals surface area contributed by atoms with Crippen LogP contribution in [0.15, 0.2) is 16.8 Å². The van der Waals surface area contributed by atoms with Gasteiger partial charge in [0.1, 0.15) is 0 Å². The van der Waals surface area contributed by atoms with Crippen molar-refractivity contribution >= 4 is 17.0 Å². The van der Waals surface area contributed by atoms with Crippen molar-refractivity contribution in [3.05, 3.63) is 23.5 Å². The van der Waals surface area contributed by atoms with E-state index in [0.29, 0.717) is 31.0 Å². The highest BCUT2D eigenvalue weighted by Crippen LogP contribution is 2.23. The van der Waals surface area contributed by atoms with Gasteiger partial charge in [0.2, 0.25) is 0 Å². The summed E-state index contributed by atoms with van der Waals surface area (Å²) in [5.74, 6) is -0.0340. The molecule has 6 nitrogen and oxygen atoms in total. The smallest absolute Gasteiger partial charge is 0.257 e. The fourth-order valence-corrected chi connectivity index (χ4v) is 2.45. The van der Waals surface area contributed by atoms with Crippen LogP contribution in [0.3, 0.4) is 0 Å². The standard InChI is InChI=1S/C14H17N3O3/c1-9-11-6-10(7-15-12(11)20-16-9)13(18)17-4-5-19-8-14(17,2)3/h6-7H,4-5,8H2,1-3H3. The summed E-state index contributed by atoms with van der Waals surface area (Å²) in [5.41, 5.74) is 1.44. The Labute approximate surface area is 116 Å². The van der Waals surface area contributed by atoms with E-state index in [2.05, 4.69) is 10.1 Å². The quantitative estimate of drug-likeness (QED) is 0.793. The molecule has 0 spiro atoms. The van der Waals surface area contributed by atoms with Crippen molar-refractivity contribution in [2.24, 2.45) is 0 Å². The molecule has 1 aliphatic heterocycles. The minimum Gasteiger partial charge on any atom is -0.377 e. The van der Waals surface area contributed by atoms with Gasteiger partial charge in [-0.3, -0.25) is 4.79 Å². The second-order valence-electron chi connectivity index (χ2n) is 5.67. The van der Waals surface area contributed by atoms with Gasteiger partial charge in [0, 0.05) is 12.7 Å². The molecule has 0 N–H and O–H groups in total. The molecule has 1 saturated heterocycles. The maximum atomic E-state index is 12.7. The largest absolute Gasteiger partial charge is 0.377 e. The molecule has 0 atom stereocenters. The molecule has 20 heavy (non-hydrogen) atoms. The van der Waals surface area contributed by atoms with E-state index in [9.17, 15) is 4.79 Å². The van der Waals surface area contributed by atoms with Crippen molar-refractivity contribution in [3.63, 3.8) is 0 Å². The number of amides is 1. The monoisotopic (exact) mass is 275 g/mol. The lowest BCUT2D eigenvalue weighted by molar-refractivity contribution is -0.0370. The number of morpholine rings is 1. The highest BCUT2D eigenvalue weighted by molar-refractivity contribution is 5.97. The van der Waals surface area contributed by atoms with Gasteiger partial charge in [0.15, 0.2) is 0 Å². The molecule has 0 bridgehead atoms. The van der Waals surface area contributed by atoms with Crippen LogP contribution in [-0.4, -0.2) is 46.2 Å².